The highest BCUT2D eigenvalue weighted by Gasteiger charge is 2.19. The summed E-state index contributed by atoms with van der Waals surface area (Å²) < 4.78 is 0. The van der Waals surface area contributed by atoms with Gasteiger partial charge in [0.2, 0.25) is 5.91 Å². The SMILES string of the molecule is CNCCNC(=O)C(C)NC(=O)c1n[nH]c2ccccc12.Cl. The van der Waals surface area contributed by atoms with E-state index in [-0.39, 0.29) is 24.2 Å². The first-order valence-electron chi connectivity index (χ1n) is 6.79. The van der Waals surface area contributed by atoms with Crippen LogP contribution in [-0.2, 0) is 4.79 Å². The standard InChI is InChI=1S/C14H19N5O2.ClH/c1-9(13(20)16-8-7-15-2)17-14(21)12-10-5-3-4-6-11(10)18-19-12;/h3-6,9,15H,7-8H2,1-2H3,(H,16,20)(H,17,21)(H,18,19);1H. The van der Waals surface area contributed by atoms with E-state index in [2.05, 4.69) is 26.1 Å². The summed E-state index contributed by atoms with van der Waals surface area (Å²) in [5.74, 6) is -0.595. The number of halogens is 1. The van der Waals surface area contributed by atoms with Gasteiger partial charge in [0, 0.05) is 18.5 Å². The molecule has 1 aromatic heterocycles. The maximum Gasteiger partial charge on any atom is 0.273 e. The van der Waals surface area contributed by atoms with Crippen LogP contribution in [0.25, 0.3) is 10.9 Å². The Morgan fingerprint density at radius 1 is 1.27 bits per heavy atom. The number of rotatable bonds is 6. The number of likely N-dealkylation sites (N-methyl/N-ethyl adjacent to an activating group) is 1. The Kier molecular flexibility index (Phi) is 6.81. The maximum absolute atomic E-state index is 12.2. The molecule has 0 fully saturated rings. The topological polar surface area (TPSA) is 98.9 Å². The number of aromatic amines is 1. The number of carbonyl (C=O) groups excluding carboxylic acids is 2. The predicted octanol–water partition coefficient (Wildman–Crippen LogP) is 0.439. The van der Waals surface area contributed by atoms with Crippen molar-refractivity contribution in [3.05, 3.63) is 30.0 Å². The van der Waals surface area contributed by atoms with E-state index in [1.54, 1.807) is 14.0 Å². The molecular weight excluding hydrogens is 306 g/mol. The number of aromatic nitrogens is 2. The van der Waals surface area contributed by atoms with Crippen molar-refractivity contribution in [3.8, 4) is 0 Å². The van der Waals surface area contributed by atoms with E-state index < -0.39 is 6.04 Å². The summed E-state index contributed by atoms with van der Waals surface area (Å²) >= 11 is 0. The monoisotopic (exact) mass is 325 g/mol. The number of hydrogen-bond acceptors (Lipinski definition) is 4. The van der Waals surface area contributed by atoms with Crippen molar-refractivity contribution in [2.45, 2.75) is 13.0 Å². The van der Waals surface area contributed by atoms with Gasteiger partial charge < -0.3 is 16.0 Å². The molecule has 0 bridgehead atoms. The summed E-state index contributed by atoms with van der Waals surface area (Å²) in [7, 11) is 1.81. The van der Waals surface area contributed by atoms with Crippen LogP contribution in [0.2, 0.25) is 0 Å². The minimum atomic E-state index is -0.621. The van der Waals surface area contributed by atoms with Gasteiger partial charge in [0.05, 0.1) is 5.52 Å². The second-order valence-corrected chi connectivity index (χ2v) is 4.71. The van der Waals surface area contributed by atoms with Crippen molar-refractivity contribution in [2.75, 3.05) is 20.1 Å². The minimum Gasteiger partial charge on any atom is -0.353 e. The summed E-state index contributed by atoms with van der Waals surface area (Å²) in [6, 6.07) is 6.73. The van der Waals surface area contributed by atoms with Gasteiger partial charge in [0.15, 0.2) is 5.69 Å². The lowest BCUT2D eigenvalue weighted by atomic mass is 10.2. The molecule has 120 valence electrons. The minimum absolute atomic E-state index is 0. The van der Waals surface area contributed by atoms with Crippen LogP contribution >= 0.6 is 12.4 Å². The molecule has 1 aromatic carbocycles. The second kappa shape index (κ2) is 8.35. The fourth-order valence-corrected chi connectivity index (χ4v) is 1.93. The Labute approximate surface area is 134 Å². The molecule has 8 heteroatoms. The molecule has 2 amide bonds. The zero-order chi connectivity index (χ0) is 15.2. The molecule has 0 aliphatic heterocycles. The first-order chi connectivity index (χ1) is 10.1. The van der Waals surface area contributed by atoms with E-state index in [0.717, 1.165) is 10.9 Å². The van der Waals surface area contributed by atoms with E-state index in [9.17, 15) is 9.59 Å². The van der Waals surface area contributed by atoms with Gasteiger partial charge in [-0.25, -0.2) is 0 Å². The van der Waals surface area contributed by atoms with Gasteiger partial charge in [-0.05, 0) is 20.0 Å². The molecule has 0 saturated heterocycles. The Morgan fingerprint density at radius 3 is 2.73 bits per heavy atom. The lowest BCUT2D eigenvalue weighted by molar-refractivity contribution is -0.122. The lowest BCUT2D eigenvalue weighted by Gasteiger charge is -2.13. The fraction of sp³-hybridized carbons (Fsp3) is 0.357. The van der Waals surface area contributed by atoms with Gasteiger partial charge in [-0.2, -0.15) is 5.10 Å². The molecule has 1 heterocycles. The normalized spacial score (nSPS) is 11.5. The lowest BCUT2D eigenvalue weighted by Crippen LogP contribution is -2.46. The molecule has 7 nitrogen and oxygen atoms in total. The number of carbonyl (C=O) groups is 2. The average molecular weight is 326 g/mol. The predicted molar refractivity (Wildman–Crippen MR) is 87.2 cm³/mol. The first kappa shape index (κ1) is 17.9. The Balaban J connectivity index is 0.00000242. The molecule has 2 aromatic rings. The number of amides is 2. The smallest absolute Gasteiger partial charge is 0.273 e. The fourth-order valence-electron chi connectivity index (χ4n) is 1.93. The van der Waals surface area contributed by atoms with Crippen LogP contribution in [0.1, 0.15) is 17.4 Å². The van der Waals surface area contributed by atoms with Crippen LogP contribution in [-0.4, -0.2) is 48.2 Å². The molecule has 0 aliphatic carbocycles. The Hall–Kier alpha value is -2.12. The highest BCUT2D eigenvalue weighted by atomic mass is 35.5. The van der Waals surface area contributed by atoms with Crippen molar-refractivity contribution >= 4 is 35.1 Å². The molecule has 1 unspecified atom stereocenters. The molecule has 4 N–H and O–H groups in total. The molecule has 2 rings (SSSR count). The first-order valence-corrected chi connectivity index (χ1v) is 6.79. The summed E-state index contributed by atoms with van der Waals surface area (Å²) in [5.41, 5.74) is 1.08. The molecule has 0 aliphatic rings. The van der Waals surface area contributed by atoms with E-state index in [1.165, 1.54) is 0 Å². The van der Waals surface area contributed by atoms with Gasteiger partial charge in [0.25, 0.3) is 5.91 Å². The van der Waals surface area contributed by atoms with Crippen LogP contribution in [0.15, 0.2) is 24.3 Å². The van der Waals surface area contributed by atoms with Gasteiger partial charge in [0.1, 0.15) is 6.04 Å². The summed E-state index contributed by atoms with van der Waals surface area (Å²) in [6.45, 7) is 2.83. The molecule has 0 radical (unpaired) electrons. The van der Waals surface area contributed by atoms with Crippen molar-refractivity contribution in [1.29, 1.82) is 0 Å². The van der Waals surface area contributed by atoms with Crippen LogP contribution in [0.5, 0.6) is 0 Å². The Morgan fingerprint density at radius 2 is 2.00 bits per heavy atom. The number of nitrogens with one attached hydrogen (secondary N) is 4. The molecule has 22 heavy (non-hydrogen) atoms. The van der Waals surface area contributed by atoms with Crippen LogP contribution < -0.4 is 16.0 Å². The third kappa shape index (κ3) is 4.19. The third-order valence-electron chi connectivity index (χ3n) is 3.10. The largest absolute Gasteiger partial charge is 0.353 e. The molecular formula is C14H20ClN5O2. The van der Waals surface area contributed by atoms with Gasteiger partial charge in [-0.3, -0.25) is 14.7 Å². The van der Waals surface area contributed by atoms with Gasteiger partial charge in [-0.1, -0.05) is 18.2 Å². The van der Waals surface area contributed by atoms with Gasteiger partial charge >= 0.3 is 0 Å². The van der Waals surface area contributed by atoms with Crippen molar-refractivity contribution in [3.63, 3.8) is 0 Å². The number of nitrogens with zero attached hydrogens (tertiary/aromatic N) is 1. The second-order valence-electron chi connectivity index (χ2n) is 4.71. The average Bonchev–Trinajstić information content (AvgIpc) is 2.91. The quantitative estimate of drug-likeness (QED) is 0.579. The molecule has 0 saturated carbocycles. The number of hydrogen-bond donors (Lipinski definition) is 4. The Bertz CT molecular complexity index is 643. The highest BCUT2D eigenvalue weighted by molar-refractivity contribution is 6.05. The number of para-hydroxylation sites is 1. The number of H-pyrrole nitrogens is 1. The van der Waals surface area contributed by atoms with Crippen LogP contribution in [0.4, 0.5) is 0 Å². The van der Waals surface area contributed by atoms with Crippen molar-refractivity contribution in [1.82, 2.24) is 26.1 Å². The van der Waals surface area contributed by atoms with Crippen LogP contribution in [0, 0.1) is 0 Å². The van der Waals surface area contributed by atoms with Crippen LogP contribution in [0.3, 0.4) is 0 Å². The highest BCUT2D eigenvalue weighted by Crippen LogP contribution is 2.14. The summed E-state index contributed by atoms with van der Waals surface area (Å²) in [5, 5.41) is 15.8. The summed E-state index contributed by atoms with van der Waals surface area (Å²) in [6.07, 6.45) is 0. The van der Waals surface area contributed by atoms with E-state index in [1.807, 2.05) is 24.3 Å². The van der Waals surface area contributed by atoms with Crippen molar-refractivity contribution < 1.29 is 9.59 Å². The number of fused-ring (bicyclic) bond motifs is 1. The molecule has 0 spiro atoms. The summed E-state index contributed by atoms with van der Waals surface area (Å²) in [4.78, 5) is 24.0. The zero-order valence-corrected chi connectivity index (χ0v) is 13.3. The van der Waals surface area contributed by atoms with E-state index in [0.29, 0.717) is 18.8 Å². The maximum atomic E-state index is 12.2. The van der Waals surface area contributed by atoms with Gasteiger partial charge in [-0.15, -0.1) is 12.4 Å². The molecule has 1 atom stereocenters. The zero-order valence-electron chi connectivity index (χ0n) is 12.5. The number of benzene rings is 1. The van der Waals surface area contributed by atoms with Crippen molar-refractivity contribution in [2.24, 2.45) is 0 Å². The van der Waals surface area contributed by atoms with E-state index in [4.69, 9.17) is 0 Å². The third-order valence-corrected chi connectivity index (χ3v) is 3.10. The van der Waals surface area contributed by atoms with E-state index >= 15 is 0 Å².